The quantitative estimate of drug-likeness (QED) is 0.460. The molecule has 1 heterocycles. The Morgan fingerprint density at radius 2 is 2.14 bits per heavy atom. The molecule has 1 atom stereocenters. The largest absolute Gasteiger partial charge is 0.495 e. The SMILES string of the molecule is C#CN1CCC(NS(=O)(=O)c2cc(NC(=O)CCCCCC)ccc2OC)C1. The number of terminal acetylenes is 1. The van der Waals surface area contributed by atoms with Crippen molar-refractivity contribution in [1.29, 1.82) is 0 Å². The number of amides is 1. The number of benzene rings is 1. The van der Waals surface area contributed by atoms with Gasteiger partial charge in [0.05, 0.1) is 7.11 Å². The molecule has 0 bridgehead atoms. The first-order valence-corrected chi connectivity index (χ1v) is 11.1. The van der Waals surface area contributed by atoms with Crippen molar-refractivity contribution in [2.75, 3.05) is 25.5 Å². The highest BCUT2D eigenvalue weighted by molar-refractivity contribution is 7.89. The van der Waals surface area contributed by atoms with Crippen LogP contribution in [0.5, 0.6) is 5.75 Å². The normalized spacial score (nSPS) is 16.6. The highest BCUT2D eigenvalue weighted by Crippen LogP contribution is 2.28. The summed E-state index contributed by atoms with van der Waals surface area (Å²) < 4.78 is 33.6. The summed E-state index contributed by atoms with van der Waals surface area (Å²) in [6.07, 6.45) is 10.5. The van der Waals surface area contributed by atoms with Crippen LogP contribution in [0.2, 0.25) is 0 Å². The van der Waals surface area contributed by atoms with Crippen LogP contribution < -0.4 is 14.8 Å². The number of hydrogen-bond donors (Lipinski definition) is 2. The predicted molar refractivity (Wildman–Crippen MR) is 110 cm³/mol. The number of methoxy groups -OCH3 is 1. The van der Waals surface area contributed by atoms with Crippen molar-refractivity contribution < 1.29 is 17.9 Å². The zero-order chi connectivity index (χ0) is 20.6. The minimum Gasteiger partial charge on any atom is -0.495 e. The summed E-state index contributed by atoms with van der Waals surface area (Å²) in [7, 11) is -2.41. The Kier molecular flexibility index (Phi) is 8.15. The van der Waals surface area contributed by atoms with Crippen molar-refractivity contribution in [3.8, 4) is 18.2 Å². The number of carbonyl (C=O) groups excluding carboxylic acids is 1. The molecule has 7 nitrogen and oxygen atoms in total. The molecular formula is C20H29N3O4S. The summed E-state index contributed by atoms with van der Waals surface area (Å²) in [5, 5.41) is 2.77. The Morgan fingerprint density at radius 1 is 1.36 bits per heavy atom. The summed E-state index contributed by atoms with van der Waals surface area (Å²) in [5.74, 6) is 0.0956. The number of nitrogens with zero attached hydrogens (tertiary/aromatic N) is 1. The van der Waals surface area contributed by atoms with E-state index in [0.29, 0.717) is 31.6 Å². The summed E-state index contributed by atoms with van der Waals surface area (Å²) >= 11 is 0. The van der Waals surface area contributed by atoms with E-state index in [1.807, 2.05) is 0 Å². The van der Waals surface area contributed by atoms with Gasteiger partial charge < -0.3 is 15.0 Å². The Bertz CT molecular complexity index is 817. The van der Waals surface area contributed by atoms with Crippen molar-refractivity contribution >= 4 is 21.6 Å². The molecule has 0 aliphatic carbocycles. The standard InChI is InChI=1S/C20H29N3O4S/c1-4-6-7-8-9-20(24)21-16-10-11-18(27-3)19(14-16)28(25,26)22-17-12-13-23(5-2)15-17/h2,10-11,14,17,22H,4,6-9,12-13,15H2,1,3H3,(H,21,24). The van der Waals surface area contributed by atoms with Crippen LogP contribution in [0.4, 0.5) is 5.69 Å². The second kappa shape index (κ2) is 10.3. The van der Waals surface area contributed by atoms with Gasteiger partial charge in [0.1, 0.15) is 10.6 Å². The summed E-state index contributed by atoms with van der Waals surface area (Å²) in [5.41, 5.74) is 0.429. The van der Waals surface area contributed by atoms with E-state index in [2.05, 4.69) is 23.0 Å². The van der Waals surface area contributed by atoms with Crippen molar-refractivity contribution in [2.24, 2.45) is 0 Å². The Labute approximate surface area is 167 Å². The maximum absolute atomic E-state index is 12.9. The molecule has 1 aromatic carbocycles. The third-order valence-corrected chi connectivity index (χ3v) is 6.23. The fraction of sp³-hybridized carbons (Fsp3) is 0.550. The molecule has 0 saturated carbocycles. The molecule has 1 aliphatic rings. The summed E-state index contributed by atoms with van der Waals surface area (Å²) in [6, 6.07) is 6.87. The highest BCUT2D eigenvalue weighted by atomic mass is 32.2. The molecule has 154 valence electrons. The number of sulfonamides is 1. The van der Waals surface area contributed by atoms with E-state index in [4.69, 9.17) is 11.2 Å². The van der Waals surface area contributed by atoms with Gasteiger partial charge in [0.2, 0.25) is 15.9 Å². The first-order valence-electron chi connectivity index (χ1n) is 9.61. The number of nitrogens with one attached hydrogen (secondary N) is 2. The fourth-order valence-corrected chi connectivity index (χ4v) is 4.61. The Hall–Kier alpha value is -2.24. The first kappa shape index (κ1) is 22.1. The van der Waals surface area contributed by atoms with E-state index >= 15 is 0 Å². The van der Waals surface area contributed by atoms with Crippen LogP contribution in [-0.2, 0) is 14.8 Å². The van der Waals surface area contributed by atoms with E-state index in [1.54, 1.807) is 17.0 Å². The maximum atomic E-state index is 12.9. The lowest BCUT2D eigenvalue weighted by Gasteiger charge is -2.16. The van der Waals surface area contributed by atoms with E-state index < -0.39 is 10.0 Å². The van der Waals surface area contributed by atoms with Crippen LogP contribution in [0.25, 0.3) is 0 Å². The molecule has 2 rings (SSSR count). The van der Waals surface area contributed by atoms with Crippen LogP contribution in [0, 0.1) is 12.5 Å². The van der Waals surface area contributed by atoms with E-state index in [1.165, 1.54) is 13.2 Å². The van der Waals surface area contributed by atoms with Gasteiger partial charge in [-0.3, -0.25) is 4.79 Å². The Morgan fingerprint density at radius 3 is 2.79 bits per heavy atom. The van der Waals surface area contributed by atoms with Gasteiger partial charge in [-0.15, -0.1) is 0 Å². The van der Waals surface area contributed by atoms with Crippen molar-refractivity contribution in [1.82, 2.24) is 9.62 Å². The van der Waals surface area contributed by atoms with E-state index in [0.717, 1.165) is 25.7 Å². The number of rotatable bonds is 10. The van der Waals surface area contributed by atoms with Crippen LogP contribution in [0.3, 0.4) is 0 Å². The molecule has 1 amide bonds. The van der Waals surface area contributed by atoms with Gasteiger partial charge in [-0.1, -0.05) is 32.6 Å². The summed E-state index contributed by atoms with van der Waals surface area (Å²) in [4.78, 5) is 13.8. The minimum absolute atomic E-state index is 0.00191. The summed E-state index contributed by atoms with van der Waals surface area (Å²) in [6.45, 7) is 3.23. The van der Waals surface area contributed by atoms with Crippen LogP contribution in [0.1, 0.15) is 45.4 Å². The van der Waals surface area contributed by atoms with Crippen molar-refractivity contribution in [3.63, 3.8) is 0 Å². The zero-order valence-corrected chi connectivity index (χ0v) is 17.3. The lowest BCUT2D eigenvalue weighted by molar-refractivity contribution is -0.116. The molecule has 2 N–H and O–H groups in total. The lowest BCUT2D eigenvalue weighted by Crippen LogP contribution is -2.36. The van der Waals surface area contributed by atoms with Crippen LogP contribution in [0.15, 0.2) is 23.1 Å². The lowest BCUT2D eigenvalue weighted by atomic mass is 10.1. The molecule has 1 aliphatic heterocycles. The van der Waals surface area contributed by atoms with E-state index in [9.17, 15) is 13.2 Å². The highest BCUT2D eigenvalue weighted by Gasteiger charge is 2.28. The molecular weight excluding hydrogens is 378 g/mol. The molecule has 1 unspecified atom stereocenters. The van der Waals surface area contributed by atoms with Gasteiger partial charge in [0.25, 0.3) is 0 Å². The van der Waals surface area contributed by atoms with Gasteiger partial charge in [-0.2, -0.15) is 0 Å². The number of ether oxygens (including phenoxy) is 1. The first-order chi connectivity index (χ1) is 13.4. The number of anilines is 1. The van der Waals surface area contributed by atoms with E-state index in [-0.39, 0.29) is 22.6 Å². The second-order valence-corrected chi connectivity index (χ2v) is 8.59. The topological polar surface area (TPSA) is 87.7 Å². The van der Waals surface area contributed by atoms with Crippen LogP contribution in [-0.4, -0.2) is 45.5 Å². The number of hydrogen-bond acceptors (Lipinski definition) is 5. The van der Waals surface area contributed by atoms with Gasteiger partial charge >= 0.3 is 0 Å². The smallest absolute Gasteiger partial charge is 0.244 e. The third kappa shape index (κ3) is 6.14. The average molecular weight is 408 g/mol. The molecule has 8 heteroatoms. The monoisotopic (exact) mass is 407 g/mol. The molecule has 28 heavy (non-hydrogen) atoms. The van der Waals surface area contributed by atoms with Gasteiger partial charge in [0.15, 0.2) is 0 Å². The molecule has 0 spiro atoms. The second-order valence-electron chi connectivity index (χ2n) is 6.91. The zero-order valence-electron chi connectivity index (χ0n) is 16.5. The maximum Gasteiger partial charge on any atom is 0.244 e. The number of carbonyl (C=O) groups is 1. The van der Waals surface area contributed by atoms with Gasteiger partial charge in [-0.25, -0.2) is 13.1 Å². The van der Waals surface area contributed by atoms with Crippen molar-refractivity contribution in [2.45, 2.75) is 56.4 Å². The average Bonchev–Trinajstić information content (AvgIpc) is 3.12. The van der Waals surface area contributed by atoms with Gasteiger partial charge in [0, 0.05) is 37.3 Å². The van der Waals surface area contributed by atoms with Crippen molar-refractivity contribution in [3.05, 3.63) is 18.2 Å². The fourth-order valence-electron chi connectivity index (χ4n) is 3.16. The Balaban J connectivity index is 2.09. The molecule has 0 radical (unpaired) electrons. The predicted octanol–water partition coefficient (Wildman–Crippen LogP) is 2.55. The molecule has 1 aromatic rings. The molecule has 1 fully saturated rings. The number of likely N-dealkylation sites (tertiary alicyclic amines) is 1. The number of unbranched alkanes of at least 4 members (excludes halogenated alkanes) is 3. The van der Waals surface area contributed by atoms with Crippen LogP contribution >= 0.6 is 0 Å². The van der Waals surface area contributed by atoms with Gasteiger partial charge in [-0.05, 0) is 31.0 Å². The third-order valence-electron chi connectivity index (χ3n) is 4.69. The molecule has 0 aromatic heterocycles. The minimum atomic E-state index is -3.82. The molecule has 1 saturated heterocycles.